The number of fused-ring (bicyclic) bond motifs is 5. The predicted octanol–water partition coefficient (Wildman–Crippen LogP) is 4.82. The van der Waals surface area contributed by atoms with Crippen LogP contribution in [0.1, 0.15) is 52.9 Å². The topological polar surface area (TPSA) is 43.1 Å². The molecule has 0 fully saturated rings. The molecule has 4 aromatic heterocycles. The number of hydrogen-bond acceptors (Lipinski definition) is 3. The van der Waals surface area contributed by atoms with Crippen LogP contribution in [-0.2, 0) is 30.9 Å². The Labute approximate surface area is 167 Å². The summed E-state index contributed by atoms with van der Waals surface area (Å²) in [5.41, 5.74) is 4.96. The SMILES string of the molecule is CC(C)(C)c1cc2ccn3c(nc4ccnc(C(C)(C)C)c43)c2[c-]n1.[Ir]. The molecule has 5 heteroatoms. The number of pyridine rings is 3. The van der Waals surface area contributed by atoms with Crippen molar-refractivity contribution in [1.82, 2.24) is 19.4 Å². The largest absolute Gasteiger partial charge is 0.356 e. The summed E-state index contributed by atoms with van der Waals surface area (Å²) in [6.07, 6.45) is 7.17. The molecule has 0 N–H and O–H groups in total. The van der Waals surface area contributed by atoms with Crippen molar-refractivity contribution < 1.29 is 20.1 Å². The predicted molar refractivity (Wildman–Crippen MR) is 102 cm³/mol. The monoisotopic (exact) mass is 524 g/mol. The number of nitrogens with zero attached hydrogens (tertiary/aromatic N) is 4. The molecule has 4 rings (SSSR count). The molecule has 1 radical (unpaired) electrons. The number of rotatable bonds is 0. The second-order valence-electron chi connectivity index (χ2n) is 8.73. The molecule has 4 nitrogen and oxygen atoms in total. The van der Waals surface area contributed by atoms with Crippen LogP contribution >= 0.6 is 0 Å². The van der Waals surface area contributed by atoms with Crippen LogP contribution in [-0.4, -0.2) is 19.4 Å². The molecule has 0 aliphatic heterocycles. The van der Waals surface area contributed by atoms with E-state index in [9.17, 15) is 0 Å². The van der Waals surface area contributed by atoms with E-state index in [0.29, 0.717) is 0 Å². The van der Waals surface area contributed by atoms with Gasteiger partial charge >= 0.3 is 0 Å². The minimum atomic E-state index is -0.0531. The Morgan fingerprint density at radius 1 is 1.00 bits per heavy atom. The Kier molecular flexibility index (Phi) is 4.45. The van der Waals surface area contributed by atoms with Crippen LogP contribution in [0.4, 0.5) is 0 Å². The average molecular weight is 524 g/mol. The first-order valence-corrected chi connectivity index (χ1v) is 8.65. The summed E-state index contributed by atoms with van der Waals surface area (Å²) in [5, 5.41) is 2.07. The number of imidazole rings is 1. The Hall–Kier alpha value is -1.84. The van der Waals surface area contributed by atoms with Gasteiger partial charge in [-0.2, -0.15) is 0 Å². The van der Waals surface area contributed by atoms with Crippen molar-refractivity contribution in [1.29, 1.82) is 0 Å². The zero-order chi connectivity index (χ0) is 18.0. The third-order valence-electron chi connectivity index (χ3n) is 4.57. The van der Waals surface area contributed by atoms with Gasteiger partial charge in [-0.15, -0.1) is 11.5 Å². The van der Waals surface area contributed by atoms with Crippen LogP contribution in [0, 0.1) is 6.20 Å². The molecule has 0 aliphatic rings. The first-order valence-electron chi connectivity index (χ1n) is 8.65. The van der Waals surface area contributed by atoms with Gasteiger partial charge in [0, 0.05) is 31.7 Å². The Morgan fingerprint density at radius 2 is 1.73 bits per heavy atom. The van der Waals surface area contributed by atoms with Crippen molar-refractivity contribution in [3.8, 4) is 0 Å². The van der Waals surface area contributed by atoms with Gasteiger partial charge in [0.2, 0.25) is 0 Å². The van der Waals surface area contributed by atoms with E-state index in [-0.39, 0.29) is 30.9 Å². The summed E-state index contributed by atoms with van der Waals surface area (Å²) >= 11 is 0. The van der Waals surface area contributed by atoms with E-state index in [0.717, 1.165) is 38.8 Å². The van der Waals surface area contributed by atoms with E-state index in [1.807, 2.05) is 12.3 Å². The minimum absolute atomic E-state index is 0. The maximum atomic E-state index is 4.86. The van der Waals surface area contributed by atoms with Crippen molar-refractivity contribution in [3.63, 3.8) is 0 Å². The van der Waals surface area contributed by atoms with Gasteiger partial charge in [-0.1, -0.05) is 53.0 Å². The van der Waals surface area contributed by atoms with Crippen LogP contribution in [0.15, 0.2) is 30.6 Å². The molecule has 0 bridgehead atoms. The molecule has 0 aliphatic carbocycles. The molecule has 4 heterocycles. The fourth-order valence-corrected chi connectivity index (χ4v) is 3.20. The van der Waals surface area contributed by atoms with Gasteiger partial charge in [-0.05, 0) is 29.6 Å². The van der Waals surface area contributed by atoms with Gasteiger partial charge in [0.1, 0.15) is 0 Å². The second-order valence-corrected chi connectivity index (χ2v) is 8.73. The second kappa shape index (κ2) is 6.11. The smallest absolute Gasteiger partial charge is 0.0855 e. The molecule has 0 spiro atoms. The van der Waals surface area contributed by atoms with Crippen molar-refractivity contribution in [3.05, 3.63) is 48.2 Å². The third-order valence-corrected chi connectivity index (χ3v) is 4.57. The number of hydrogen-bond donors (Lipinski definition) is 0. The molecular formula is C21H23IrN4-. The minimum Gasteiger partial charge on any atom is -0.356 e. The first kappa shape index (κ1) is 18.9. The van der Waals surface area contributed by atoms with E-state index < -0.39 is 0 Å². The van der Waals surface area contributed by atoms with Gasteiger partial charge in [0.15, 0.2) is 0 Å². The zero-order valence-corrected chi connectivity index (χ0v) is 18.4. The Balaban J connectivity index is 0.00000196. The third kappa shape index (κ3) is 2.93. The molecule has 0 amide bonds. The van der Waals surface area contributed by atoms with Gasteiger partial charge in [0.05, 0.1) is 22.4 Å². The molecule has 0 atom stereocenters. The fraction of sp³-hybridized carbons (Fsp3) is 0.381. The van der Waals surface area contributed by atoms with E-state index in [4.69, 9.17) is 4.98 Å². The summed E-state index contributed by atoms with van der Waals surface area (Å²) in [6, 6.07) is 6.24. The summed E-state index contributed by atoms with van der Waals surface area (Å²) in [7, 11) is 0. The molecule has 0 saturated heterocycles. The fourth-order valence-electron chi connectivity index (χ4n) is 3.20. The van der Waals surface area contributed by atoms with E-state index in [1.54, 1.807) is 0 Å². The first-order chi connectivity index (χ1) is 11.7. The van der Waals surface area contributed by atoms with Crippen molar-refractivity contribution in [2.75, 3.05) is 0 Å². The van der Waals surface area contributed by atoms with Gasteiger partial charge in [-0.25, -0.2) is 0 Å². The van der Waals surface area contributed by atoms with Crippen LogP contribution in [0.5, 0.6) is 0 Å². The van der Waals surface area contributed by atoms with Gasteiger partial charge in [0.25, 0.3) is 0 Å². The van der Waals surface area contributed by atoms with Crippen molar-refractivity contribution in [2.24, 2.45) is 0 Å². The summed E-state index contributed by atoms with van der Waals surface area (Å²) in [4.78, 5) is 14.1. The summed E-state index contributed by atoms with van der Waals surface area (Å²) in [5.74, 6) is 0. The van der Waals surface area contributed by atoms with Crippen LogP contribution in [0.25, 0.3) is 27.5 Å². The Bertz CT molecular complexity index is 1110. The molecule has 26 heavy (non-hydrogen) atoms. The van der Waals surface area contributed by atoms with Gasteiger partial charge in [-0.3, -0.25) is 9.97 Å². The summed E-state index contributed by atoms with van der Waals surface area (Å²) in [6.45, 7) is 13.0. The van der Waals surface area contributed by atoms with Gasteiger partial charge < -0.3 is 9.38 Å². The zero-order valence-electron chi connectivity index (χ0n) is 16.0. The summed E-state index contributed by atoms with van der Waals surface area (Å²) < 4.78 is 2.13. The molecular weight excluding hydrogens is 500 g/mol. The van der Waals surface area contributed by atoms with Crippen LogP contribution in [0.2, 0.25) is 0 Å². The molecule has 0 aromatic carbocycles. The molecule has 4 aromatic rings. The average Bonchev–Trinajstić information content (AvgIpc) is 2.91. The normalized spacial score (nSPS) is 12.7. The maximum absolute atomic E-state index is 4.86. The van der Waals surface area contributed by atoms with Crippen molar-refractivity contribution in [2.45, 2.75) is 52.4 Å². The van der Waals surface area contributed by atoms with Crippen molar-refractivity contribution >= 4 is 27.5 Å². The van der Waals surface area contributed by atoms with E-state index in [1.165, 1.54) is 0 Å². The standard InChI is InChI=1S/C21H23N4.Ir/c1-20(2,3)16-11-13-8-10-25-17-15(24-19(25)14(13)12-23-16)7-9-22-18(17)21(4,5)6;/h7-11H,1-6H3;/q-1;. The van der Waals surface area contributed by atoms with E-state index >= 15 is 0 Å². The van der Waals surface area contributed by atoms with E-state index in [2.05, 4.69) is 80.4 Å². The Morgan fingerprint density at radius 3 is 2.38 bits per heavy atom. The van der Waals surface area contributed by atoms with Crippen LogP contribution < -0.4 is 0 Å². The number of aromatic nitrogens is 4. The quantitative estimate of drug-likeness (QED) is 0.311. The molecule has 0 unspecified atom stereocenters. The molecule has 137 valence electrons. The molecule has 0 saturated carbocycles. The maximum Gasteiger partial charge on any atom is 0.0855 e. The van der Waals surface area contributed by atoms with Crippen LogP contribution in [0.3, 0.4) is 0 Å².